The molecule has 0 bridgehead atoms. The SMILES string of the molecule is CN1C[C@H](c2ccccc2F)[C@]2(COc3ccccc3C2=O)[C@@]12C(=O)Nc1ccccc12. The summed E-state index contributed by atoms with van der Waals surface area (Å²) in [5, 5.41) is 2.98. The van der Waals surface area contributed by atoms with Crippen molar-refractivity contribution in [1.29, 1.82) is 0 Å². The van der Waals surface area contributed by atoms with Crippen molar-refractivity contribution >= 4 is 17.4 Å². The highest BCUT2D eigenvalue weighted by Crippen LogP contribution is 2.64. The van der Waals surface area contributed by atoms with Gasteiger partial charge in [-0.3, -0.25) is 14.5 Å². The van der Waals surface area contributed by atoms with Crippen LogP contribution in [0.1, 0.15) is 27.4 Å². The van der Waals surface area contributed by atoms with E-state index in [1.807, 2.05) is 42.3 Å². The van der Waals surface area contributed by atoms with Crippen LogP contribution in [0.15, 0.2) is 72.8 Å². The number of carbonyl (C=O) groups excluding carboxylic acids is 2. The van der Waals surface area contributed by atoms with Crippen molar-refractivity contribution in [1.82, 2.24) is 4.90 Å². The summed E-state index contributed by atoms with van der Waals surface area (Å²) in [5.74, 6) is -0.945. The first-order valence-corrected chi connectivity index (χ1v) is 10.6. The predicted octanol–water partition coefficient (Wildman–Crippen LogP) is 3.96. The van der Waals surface area contributed by atoms with Gasteiger partial charge in [-0.2, -0.15) is 0 Å². The van der Waals surface area contributed by atoms with Crippen LogP contribution in [0.4, 0.5) is 10.1 Å². The van der Waals surface area contributed by atoms with E-state index in [0.717, 1.165) is 5.56 Å². The van der Waals surface area contributed by atoms with Crippen molar-refractivity contribution in [2.24, 2.45) is 5.41 Å². The Labute approximate surface area is 184 Å². The second-order valence-corrected chi connectivity index (χ2v) is 8.75. The van der Waals surface area contributed by atoms with Crippen molar-refractivity contribution in [2.45, 2.75) is 11.5 Å². The van der Waals surface area contributed by atoms with Gasteiger partial charge in [0.25, 0.3) is 5.91 Å². The second-order valence-electron chi connectivity index (χ2n) is 8.75. The number of anilines is 1. The Morgan fingerprint density at radius 1 is 1.00 bits per heavy atom. The van der Waals surface area contributed by atoms with Crippen LogP contribution in [-0.2, 0) is 10.3 Å². The number of likely N-dealkylation sites (tertiary alicyclic amines) is 1. The minimum atomic E-state index is -1.34. The van der Waals surface area contributed by atoms with E-state index in [1.54, 1.807) is 36.4 Å². The number of hydrogen-bond acceptors (Lipinski definition) is 4. The number of rotatable bonds is 1. The Kier molecular flexibility index (Phi) is 3.90. The summed E-state index contributed by atoms with van der Waals surface area (Å²) < 4.78 is 21.3. The van der Waals surface area contributed by atoms with Crippen molar-refractivity contribution in [3.05, 3.63) is 95.3 Å². The molecule has 1 saturated heterocycles. The van der Waals surface area contributed by atoms with E-state index in [2.05, 4.69) is 5.32 Å². The summed E-state index contributed by atoms with van der Waals surface area (Å²) in [5.41, 5.74) is -0.417. The summed E-state index contributed by atoms with van der Waals surface area (Å²) in [4.78, 5) is 30.1. The standard InChI is InChI=1S/C26H21FN2O3/c1-29-14-19(16-8-2-5-11-20(16)27)25(15-32-22-13-7-3-9-17(22)23(25)30)26(29)18-10-4-6-12-21(18)28-24(26)31/h2-13,19H,14-15H2,1H3,(H,28,31)/t19-,25+,26-/m1/s1. The number of fused-ring (bicyclic) bond motifs is 4. The Hall–Kier alpha value is -3.51. The lowest BCUT2D eigenvalue weighted by Gasteiger charge is -2.47. The fraction of sp³-hybridized carbons (Fsp3) is 0.231. The van der Waals surface area contributed by atoms with Crippen molar-refractivity contribution in [2.75, 3.05) is 25.5 Å². The van der Waals surface area contributed by atoms with Crippen LogP contribution in [-0.4, -0.2) is 36.8 Å². The zero-order valence-corrected chi connectivity index (χ0v) is 17.5. The number of likely N-dealkylation sites (N-methyl/N-ethyl adjacent to an activating group) is 1. The number of nitrogens with zero attached hydrogens (tertiary/aromatic N) is 1. The molecule has 5 nitrogen and oxygen atoms in total. The van der Waals surface area contributed by atoms with Crippen LogP contribution in [0.3, 0.4) is 0 Å². The molecular weight excluding hydrogens is 407 g/mol. The molecule has 32 heavy (non-hydrogen) atoms. The maximum absolute atomic E-state index is 15.1. The van der Waals surface area contributed by atoms with Gasteiger partial charge in [0.05, 0.1) is 5.56 Å². The smallest absolute Gasteiger partial charge is 0.250 e. The van der Waals surface area contributed by atoms with Crippen LogP contribution in [0.5, 0.6) is 5.75 Å². The topological polar surface area (TPSA) is 58.6 Å². The molecule has 2 spiro atoms. The van der Waals surface area contributed by atoms with Crippen LogP contribution < -0.4 is 10.1 Å². The summed E-state index contributed by atoms with van der Waals surface area (Å²) in [6.45, 7) is 0.313. The van der Waals surface area contributed by atoms with Gasteiger partial charge in [0, 0.05) is 23.7 Å². The van der Waals surface area contributed by atoms with Crippen molar-refractivity contribution in [3.8, 4) is 5.75 Å². The predicted molar refractivity (Wildman–Crippen MR) is 117 cm³/mol. The molecule has 0 radical (unpaired) electrons. The molecule has 3 heterocycles. The number of ketones is 1. The molecule has 160 valence electrons. The first-order valence-electron chi connectivity index (χ1n) is 10.6. The molecule has 1 N–H and O–H groups in total. The number of para-hydroxylation sites is 2. The highest BCUT2D eigenvalue weighted by atomic mass is 19.1. The monoisotopic (exact) mass is 428 g/mol. The average molecular weight is 428 g/mol. The minimum Gasteiger partial charge on any atom is -0.492 e. The Balaban J connectivity index is 1.69. The van der Waals surface area contributed by atoms with Crippen molar-refractivity contribution < 1.29 is 18.7 Å². The van der Waals surface area contributed by atoms with Gasteiger partial charge >= 0.3 is 0 Å². The highest BCUT2D eigenvalue weighted by molar-refractivity contribution is 6.15. The van der Waals surface area contributed by atoms with Crippen molar-refractivity contribution in [3.63, 3.8) is 0 Å². The molecule has 1 amide bonds. The molecule has 0 unspecified atom stereocenters. The fourth-order valence-electron chi connectivity index (χ4n) is 6.15. The van der Waals surface area contributed by atoms with Gasteiger partial charge in [-0.05, 0) is 36.9 Å². The molecule has 6 rings (SSSR count). The van der Waals surface area contributed by atoms with Gasteiger partial charge in [0.2, 0.25) is 0 Å². The lowest BCUT2D eigenvalue weighted by Crippen LogP contribution is -2.62. The van der Waals surface area contributed by atoms with E-state index in [9.17, 15) is 9.59 Å². The maximum Gasteiger partial charge on any atom is 0.250 e. The third-order valence-electron chi connectivity index (χ3n) is 7.44. The first-order chi connectivity index (χ1) is 15.5. The van der Waals surface area contributed by atoms with E-state index >= 15 is 4.39 Å². The molecule has 1 fully saturated rings. The van der Waals surface area contributed by atoms with Gasteiger partial charge in [-0.25, -0.2) is 4.39 Å². The number of hydrogen-bond donors (Lipinski definition) is 1. The highest BCUT2D eigenvalue weighted by Gasteiger charge is 2.75. The van der Waals surface area contributed by atoms with Crippen LogP contribution in [0.2, 0.25) is 0 Å². The molecule has 6 heteroatoms. The lowest BCUT2D eigenvalue weighted by atomic mass is 9.57. The van der Waals surface area contributed by atoms with Gasteiger partial charge in [-0.15, -0.1) is 0 Å². The number of nitrogens with one attached hydrogen (secondary N) is 1. The summed E-state index contributed by atoms with van der Waals surface area (Å²) >= 11 is 0. The quantitative estimate of drug-likeness (QED) is 0.637. The van der Waals surface area contributed by atoms with Gasteiger partial charge in [-0.1, -0.05) is 48.5 Å². The summed E-state index contributed by atoms with van der Waals surface area (Å²) in [7, 11) is 1.83. The average Bonchev–Trinajstić information content (AvgIpc) is 3.25. The Morgan fingerprint density at radius 3 is 2.56 bits per heavy atom. The van der Waals surface area contributed by atoms with E-state index in [-0.39, 0.29) is 24.1 Å². The zero-order valence-electron chi connectivity index (χ0n) is 17.5. The second kappa shape index (κ2) is 6.50. The van der Waals surface area contributed by atoms with E-state index < -0.39 is 16.9 Å². The Morgan fingerprint density at radius 2 is 1.72 bits per heavy atom. The molecule has 3 aromatic rings. The number of ether oxygens (including phenoxy) is 1. The van der Waals surface area contributed by atoms with Crippen LogP contribution in [0.25, 0.3) is 0 Å². The maximum atomic E-state index is 15.1. The summed E-state index contributed by atoms with van der Waals surface area (Å²) in [6.07, 6.45) is 0. The number of amides is 1. The molecule has 3 aliphatic rings. The molecule has 0 aromatic heterocycles. The number of carbonyl (C=O) groups is 2. The third kappa shape index (κ3) is 2.10. The molecule has 3 aromatic carbocycles. The van der Waals surface area contributed by atoms with Gasteiger partial charge in [0.15, 0.2) is 5.78 Å². The van der Waals surface area contributed by atoms with Crippen LogP contribution >= 0.6 is 0 Å². The normalized spacial score (nSPS) is 28.5. The van der Waals surface area contributed by atoms with E-state index in [0.29, 0.717) is 29.1 Å². The molecular formula is C26H21FN2O3. The fourth-order valence-corrected chi connectivity index (χ4v) is 6.15. The minimum absolute atomic E-state index is 0.0199. The molecule has 3 atom stereocenters. The summed E-state index contributed by atoms with van der Waals surface area (Å²) in [6, 6.07) is 21.0. The van der Waals surface area contributed by atoms with Crippen LogP contribution in [0, 0.1) is 11.2 Å². The number of Topliss-reactive ketones (excluding diaryl/α,β-unsaturated/α-hetero) is 1. The van der Waals surface area contributed by atoms with E-state index in [4.69, 9.17) is 4.74 Å². The van der Waals surface area contributed by atoms with Gasteiger partial charge < -0.3 is 10.1 Å². The molecule has 0 aliphatic carbocycles. The first kappa shape index (κ1) is 19.2. The molecule has 3 aliphatic heterocycles. The molecule has 0 saturated carbocycles. The zero-order chi connectivity index (χ0) is 22.1. The lowest BCUT2D eigenvalue weighted by molar-refractivity contribution is -0.131. The largest absolute Gasteiger partial charge is 0.492 e. The number of halogens is 1. The van der Waals surface area contributed by atoms with Gasteiger partial charge in [0.1, 0.15) is 29.1 Å². The number of benzene rings is 3. The van der Waals surface area contributed by atoms with E-state index in [1.165, 1.54) is 6.07 Å². The third-order valence-corrected chi connectivity index (χ3v) is 7.44. The Bertz CT molecular complexity index is 1290.